The minimum atomic E-state index is -4.44. The number of aromatic nitrogens is 3. The van der Waals surface area contributed by atoms with Gasteiger partial charge in [0, 0.05) is 16.6 Å². The third-order valence-electron chi connectivity index (χ3n) is 3.80. The van der Waals surface area contributed by atoms with Gasteiger partial charge in [0.25, 0.3) is 5.89 Å². The second kappa shape index (κ2) is 5.80. The fourth-order valence-electron chi connectivity index (χ4n) is 2.52. The van der Waals surface area contributed by atoms with Crippen molar-refractivity contribution in [2.75, 3.05) is 5.73 Å². The van der Waals surface area contributed by atoms with E-state index in [1.54, 1.807) is 0 Å². The predicted octanol–water partition coefficient (Wildman–Crippen LogP) is 4.92. The van der Waals surface area contributed by atoms with E-state index in [1.807, 2.05) is 19.1 Å². The summed E-state index contributed by atoms with van der Waals surface area (Å²) in [5.41, 5.74) is 6.88. The topological polar surface area (TPSA) is 77.8 Å². The fraction of sp³-hybridized carbons (Fsp3) is 0.118. The Bertz CT molecular complexity index is 1120. The van der Waals surface area contributed by atoms with Crippen LogP contribution in [-0.4, -0.2) is 15.1 Å². The van der Waals surface area contributed by atoms with E-state index in [2.05, 4.69) is 15.1 Å². The minimum Gasteiger partial charge on any atom is -0.397 e. The molecule has 0 fully saturated rings. The standard InChI is InChI=1S/C17H11F3N4OS/c1-8-5-6-11-12(21)13(26-16(11)22-8)15-23-14(24-25-15)9-3-2-4-10(7-9)17(18,19)20/h2-7H,21H2,1H3. The normalized spacial score (nSPS) is 12.0. The van der Waals surface area contributed by atoms with Crippen LogP contribution < -0.4 is 5.73 Å². The lowest BCUT2D eigenvalue weighted by Gasteiger charge is -2.06. The van der Waals surface area contributed by atoms with Crippen LogP contribution in [0.15, 0.2) is 40.9 Å². The lowest BCUT2D eigenvalue weighted by Crippen LogP contribution is -2.04. The molecular formula is C17H11F3N4OS. The number of nitrogen functional groups attached to an aromatic ring is 1. The highest BCUT2D eigenvalue weighted by Crippen LogP contribution is 2.40. The SMILES string of the molecule is Cc1ccc2c(N)c(-c3nc(-c4cccc(C(F)(F)F)c4)no3)sc2n1. The Morgan fingerprint density at radius 1 is 1.12 bits per heavy atom. The van der Waals surface area contributed by atoms with Gasteiger partial charge in [-0.1, -0.05) is 17.3 Å². The molecule has 5 nitrogen and oxygen atoms in total. The smallest absolute Gasteiger partial charge is 0.397 e. The Morgan fingerprint density at radius 2 is 1.92 bits per heavy atom. The number of thiophene rings is 1. The largest absolute Gasteiger partial charge is 0.416 e. The number of anilines is 1. The van der Waals surface area contributed by atoms with Gasteiger partial charge in [-0.15, -0.1) is 11.3 Å². The Kier molecular flexibility index (Phi) is 3.69. The van der Waals surface area contributed by atoms with Crippen LogP contribution in [0.25, 0.3) is 32.4 Å². The number of nitrogens with two attached hydrogens (primary N) is 1. The van der Waals surface area contributed by atoms with E-state index in [9.17, 15) is 13.2 Å². The van der Waals surface area contributed by atoms with Gasteiger partial charge >= 0.3 is 6.18 Å². The molecule has 9 heteroatoms. The summed E-state index contributed by atoms with van der Waals surface area (Å²) in [7, 11) is 0. The molecule has 26 heavy (non-hydrogen) atoms. The number of pyridine rings is 1. The van der Waals surface area contributed by atoms with Crippen molar-refractivity contribution in [1.82, 2.24) is 15.1 Å². The highest BCUT2D eigenvalue weighted by molar-refractivity contribution is 7.22. The summed E-state index contributed by atoms with van der Waals surface area (Å²) in [4.78, 5) is 9.90. The molecule has 132 valence electrons. The molecule has 0 aliphatic rings. The zero-order chi connectivity index (χ0) is 18.5. The second-order valence-corrected chi connectivity index (χ2v) is 6.65. The maximum Gasteiger partial charge on any atom is 0.416 e. The van der Waals surface area contributed by atoms with E-state index in [0.29, 0.717) is 10.6 Å². The van der Waals surface area contributed by atoms with Gasteiger partial charge in [0.1, 0.15) is 9.71 Å². The van der Waals surface area contributed by atoms with E-state index in [-0.39, 0.29) is 17.3 Å². The average molecular weight is 376 g/mol. The third kappa shape index (κ3) is 2.80. The fourth-order valence-corrected chi connectivity index (χ4v) is 3.58. The van der Waals surface area contributed by atoms with Crippen molar-refractivity contribution in [3.63, 3.8) is 0 Å². The van der Waals surface area contributed by atoms with Crippen molar-refractivity contribution in [2.24, 2.45) is 0 Å². The van der Waals surface area contributed by atoms with Crippen LogP contribution in [0.3, 0.4) is 0 Å². The first-order valence-corrected chi connectivity index (χ1v) is 8.32. The van der Waals surface area contributed by atoms with Crippen LogP contribution in [0.4, 0.5) is 18.9 Å². The molecule has 0 bridgehead atoms. The molecule has 0 aliphatic carbocycles. The van der Waals surface area contributed by atoms with E-state index >= 15 is 0 Å². The zero-order valence-corrected chi connectivity index (χ0v) is 14.1. The Hall–Kier alpha value is -2.94. The maximum absolute atomic E-state index is 12.9. The molecule has 0 amide bonds. The predicted molar refractivity (Wildman–Crippen MR) is 92.5 cm³/mol. The lowest BCUT2D eigenvalue weighted by molar-refractivity contribution is -0.137. The number of nitrogens with zero attached hydrogens (tertiary/aromatic N) is 3. The average Bonchev–Trinajstić information content (AvgIpc) is 3.19. The number of hydrogen-bond donors (Lipinski definition) is 1. The summed E-state index contributed by atoms with van der Waals surface area (Å²) in [5, 5.41) is 4.56. The van der Waals surface area contributed by atoms with Crippen molar-refractivity contribution in [3.8, 4) is 22.2 Å². The van der Waals surface area contributed by atoms with Crippen molar-refractivity contribution < 1.29 is 17.7 Å². The molecule has 2 N–H and O–H groups in total. The molecule has 3 aromatic heterocycles. The van der Waals surface area contributed by atoms with E-state index in [0.717, 1.165) is 28.0 Å². The van der Waals surface area contributed by atoms with Gasteiger partial charge < -0.3 is 10.3 Å². The van der Waals surface area contributed by atoms with Crippen LogP contribution in [-0.2, 0) is 6.18 Å². The number of alkyl halides is 3. The Balaban J connectivity index is 1.77. The Morgan fingerprint density at radius 3 is 2.69 bits per heavy atom. The van der Waals surface area contributed by atoms with Crippen molar-refractivity contribution >= 4 is 27.2 Å². The van der Waals surface area contributed by atoms with Gasteiger partial charge in [0.05, 0.1) is 11.3 Å². The van der Waals surface area contributed by atoms with E-state index < -0.39 is 11.7 Å². The highest BCUT2D eigenvalue weighted by Gasteiger charge is 2.31. The number of benzene rings is 1. The van der Waals surface area contributed by atoms with Crippen molar-refractivity contribution in [2.45, 2.75) is 13.1 Å². The van der Waals surface area contributed by atoms with E-state index in [1.165, 1.54) is 23.5 Å². The summed E-state index contributed by atoms with van der Waals surface area (Å²) in [6, 6.07) is 8.46. The summed E-state index contributed by atoms with van der Waals surface area (Å²) in [6.07, 6.45) is -4.44. The van der Waals surface area contributed by atoms with Crippen LogP contribution in [0, 0.1) is 6.92 Å². The molecule has 0 saturated carbocycles. The van der Waals surface area contributed by atoms with Crippen LogP contribution >= 0.6 is 11.3 Å². The Labute approximate surface area is 149 Å². The van der Waals surface area contributed by atoms with Crippen LogP contribution in [0.2, 0.25) is 0 Å². The molecular weight excluding hydrogens is 365 g/mol. The molecule has 0 aliphatic heterocycles. The van der Waals surface area contributed by atoms with Crippen molar-refractivity contribution in [3.05, 3.63) is 47.7 Å². The quantitative estimate of drug-likeness (QED) is 0.537. The first-order chi connectivity index (χ1) is 12.3. The minimum absolute atomic E-state index is 0.0621. The van der Waals surface area contributed by atoms with Crippen LogP contribution in [0.5, 0.6) is 0 Å². The molecule has 0 spiro atoms. The van der Waals surface area contributed by atoms with E-state index in [4.69, 9.17) is 10.3 Å². The second-order valence-electron chi connectivity index (χ2n) is 5.65. The van der Waals surface area contributed by atoms with Gasteiger partial charge in [0.2, 0.25) is 5.82 Å². The zero-order valence-electron chi connectivity index (χ0n) is 13.3. The lowest BCUT2D eigenvalue weighted by atomic mass is 10.1. The number of fused-ring (bicyclic) bond motifs is 1. The van der Waals surface area contributed by atoms with Gasteiger partial charge in [-0.3, -0.25) is 0 Å². The number of rotatable bonds is 2. The molecule has 0 saturated heterocycles. The number of aryl methyl sites for hydroxylation is 1. The van der Waals surface area contributed by atoms with Crippen molar-refractivity contribution in [1.29, 1.82) is 0 Å². The molecule has 4 aromatic rings. The molecule has 4 rings (SSSR count). The monoisotopic (exact) mass is 376 g/mol. The van der Waals surface area contributed by atoms with Gasteiger partial charge in [-0.25, -0.2) is 4.98 Å². The first-order valence-electron chi connectivity index (χ1n) is 7.50. The van der Waals surface area contributed by atoms with Gasteiger partial charge in [-0.05, 0) is 31.2 Å². The summed E-state index contributed by atoms with van der Waals surface area (Å²) < 4.78 is 43.8. The van der Waals surface area contributed by atoms with Gasteiger partial charge in [-0.2, -0.15) is 18.2 Å². The summed E-state index contributed by atoms with van der Waals surface area (Å²) in [6.45, 7) is 1.87. The number of halogens is 3. The summed E-state index contributed by atoms with van der Waals surface area (Å²) >= 11 is 1.29. The van der Waals surface area contributed by atoms with Crippen LogP contribution in [0.1, 0.15) is 11.3 Å². The molecule has 0 atom stereocenters. The third-order valence-corrected chi connectivity index (χ3v) is 4.90. The molecule has 0 radical (unpaired) electrons. The maximum atomic E-state index is 12.9. The molecule has 0 unspecified atom stereocenters. The molecule has 1 aromatic carbocycles. The number of hydrogen-bond acceptors (Lipinski definition) is 6. The first kappa shape index (κ1) is 16.5. The summed E-state index contributed by atoms with van der Waals surface area (Å²) in [5.74, 6) is 0.211. The van der Waals surface area contributed by atoms with Gasteiger partial charge in [0.15, 0.2) is 0 Å². The molecule has 3 heterocycles. The highest BCUT2D eigenvalue weighted by atomic mass is 32.1.